The quantitative estimate of drug-likeness (QED) is 0.719. The Labute approximate surface area is 119 Å². The SMILES string of the molecule is N#Cn1c(Cc2ccc(F)c(Cl)c2)cc2ncccc21. The monoisotopic (exact) mass is 285 g/mol. The summed E-state index contributed by atoms with van der Waals surface area (Å²) in [5.41, 5.74) is 3.16. The number of hydrogen-bond acceptors (Lipinski definition) is 2. The van der Waals surface area contributed by atoms with E-state index in [2.05, 4.69) is 11.2 Å². The molecular formula is C15H9ClFN3. The van der Waals surface area contributed by atoms with E-state index in [4.69, 9.17) is 11.6 Å². The molecule has 2 aromatic heterocycles. The zero-order chi connectivity index (χ0) is 14.1. The minimum absolute atomic E-state index is 0.0836. The molecule has 3 rings (SSSR count). The second-order valence-corrected chi connectivity index (χ2v) is 4.81. The highest BCUT2D eigenvalue weighted by Gasteiger charge is 2.10. The maximum Gasteiger partial charge on any atom is 0.189 e. The molecule has 1 aromatic carbocycles. The van der Waals surface area contributed by atoms with Crippen molar-refractivity contribution in [2.24, 2.45) is 0 Å². The number of hydrogen-bond donors (Lipinski definition) is 0. The van der Waals surface area contributed by atoms with Crippen LogP contribution in [0.15, 0.2) is 42.6 Å². The van der Waals surface area contributed by atoms with Gasteiger partial charge >= 0.3 is 0 Å². The van der Waals surface area contributed by atoms with Gasteiger partial charge in [-0.15, -0.1) is 0 Å². The number of pyridine rings is 1. The predicted molar refractivity (Wildman–Crippen MR) is 75.0 cm³/mol. The normalized spacial score (nSPS) is 10.7. The smallest absolute Gasteiger partial charge is 0.189 e. The summed E-state index contributed by atoms with van der Waals surface area (Å²) in [6, 6.07) is 10.0. The number of halogens is 2. The summed E-state index contributed by atoms with van der Waals surface area (Å²) in [5.74, 6) is -0.446. The molecule has 5 heteroatoms. The molecule has 2 heterocycles. The maximum atomic E-state index is 13.2. The van der Waals surface area contributed by atoms with Crippen LogP contribution in [-0.4, -0.2) is 9.55 Å². The fourth-order valence-electron chi connectivity index (χ4n) is 2.19. The predicted octanol–water partition coefficient (Wildman–Crippen LogP) is 3.75. The number of nitrogens with zero attached hydrogens (tertiary/aromatic N) is 3. The van der Waals surface area contributed by atoms with Crippen molar-refractivity contribution in [2.75, 3.05) is 0 Å². The van der Waals surface area contributed by atoms with E-state index < -0.39 is 5.82 Å². The maximum absolute atomic E-state index is 13.2. The van der Waals surface area contributed by atoms with E-state index in [1.807, 2.05) is 12.1 Å². The fourth-order valence-corrected chi connectivity index (χ4v) is 2.40. The van der Waals surface area contributed by atoms with Gasteiger partial charge in [0.15, 0.2) is 6.19 Å². The van der Waals surface area contributed by atoms with E-state index in [9.17, 15) is 9.65 Å². The molecule has 3 aromatic rings. The van der Waals surface area contributed by atoms with Gasteiger partial charge in [0.25, 0.3) is 0 Å². The van der Waals surface area contributed by atoms with Crippen LogP contribution in [0.4, 0.5) is 4.39 Å². The van der Waals surface area contributed by atoms with Crippen LogP contribution < -0.4 is 0 Å². The molecule has 0 N–H and O–H groups in total. The third-order valence-corrected chi connectivity index (χ3v) is 3.41. The first-order valence-electron chi connectivity index (χ1n) is 5.98. The average molecular weight is 286 g/mol. The van der Waals surface area contributed by atoms with Crippen LogP contribution in [0.2, 0.25) is 5.02 Å². The minimum Gasteiger partial charge on any atom is -0.255 e. The molecular weight excluding hydrogens is 277 g/mol. The molecule has 0 spiro atoms. The van der Waals surface area contributed by atoms with Gasteiger partial charge in [0.05, 0.1) is 16.1 Å². The fraction of sp³-hybridized carbons (Fsp3) is 0.0667. The van der Waals surface area contributed by atoms with Crippen LogP contribution in [0.5, 0.6) is 0 Å². The van der Waals surface area contributed by atoms with Crippen molar-refractivity contribution in [3.63, 3.8) is 0 Å². The zero-order valence-electron chi connectivity index (χ0n) is 10.3. The zero-order valence-corrected chi connectivity index (χ0v) is 11.1. The highest BCUT2D eigenvalue weighted by atomic mass is 35.5. The molecule has 0 aliphatic rings. The number of rotatable bonds is 2. The first-order valence-corrected chi connectivity index (χ1v) is 6.36. The highest BCUT2D eigenvalue weighted by Crippen LogP contribution is 2.22. The molecule has 0 radical (unpaired) electrons. The molecule has 0 aliphatic carbocycles. The Balaban J connectivity index is 2.06. The molecule has 0 fully saturated rings. The minimum atomic E-state index is -0.446. The molecule has 20 heavy (non-hydrogen) atoms. The van der Waals surface area contributed by atoms with Crippen molar-refractivity contribution in [3.05, 3.63) is 64.7 Å². The molecule has 0 atom stereocenters. The summed E-state index contributed by atoms with van der Waals surface area (Å²) >= 11 is 5.77. The lowest BCUT2D eigenvalue weighted by atomic mass is 10.1. The van der Waals surface area contributed by atoms with E-state index >= 15 is 0 Å². The molecule has 0 saturated heterocycles. The Bertz CT molecular complexity index is 833. The first kappa shape index (κ1) is 12.6. The van der Waals surface area contributed by atoms with E-state index in [1.165, 1.54) is 10.6 Å². The van der Waals surface area contributed by atoms with Gasteiger partial charge in [-0.2, -0.15) is 5.26 Å². The third-order valence-electron chi connectivity index (χ3n) is 3.12. The van der Waals surface area contributed by atoms with Crippen LogP contribution >= 0.6 is 11.6 Å². The Morgan fingerprint density at radius 3 is 2.90 bits per heavy atom. The van der Waals surface area contributed by atoms with E-state index in [0.717, 1.165) is 22.3 Å². The molecule has 0 bridgehead atoms. The molecule has 0 saturated carbocycles. The first-order chi connectivity index (χ1) is 9.69. The van der Waals surface area contributed by atoms with Gasteiger partial charge in [0, 0.05) is 18.3 Å². The molecule has 0 amide bonds. The van der Waals surface area contributed by atoms with Gasteiger partial charge in [-0.25, -0.2) is 8.96 Å². The van der Waals surface area contributed by atoms with Crippen LogP contribution in [-0.2, 0) is 6.42 Å². The number of aromatic nitrogens is 2. The van der Waals surface area contributed by atoms with Crippen molar-refractivity contribution in [1.82, 2.24) is 9.55 Å². The van der Waals surface area contributed by atoms with Gasteiger partial charge in [0.2, 0.25) is 0 Å². The van der Waals surface area contributed by atoms with E-state index in [1.54, 1.807) is 24.4 Å². The molecule has 3 nitrogen and oxygen atoms in total. The lowest BCUT2D eigenvalue weighted by Gasteiger charge is -2.03. The van der Waals surface area contributed by atoms with Crippen molar-refractivity contribution in [3.8, 4) is 6.19 Å². The van der Waals surface area contributed by atoms with Crippen molar-refractivity contribution >= 4 is 22.6 Å². The van der Waals surface area contributed by atoms with Crippen LogP contribution in [0, 0.1) is 17.3 Å². The highest BCUT2D eigenvalue weighted by molar-refractivity contribution is 6.30. The summed E-state index contributed by atoms with van der Waals surface area (Å²) in [5, 5.41) is 9.36. The standard InChI is InChI=1S/C15H9ClFN3/c16-12-7-10(3-4-13(12)17)6-11-8-14-15(20(11)9-18)2-1-5-19-14/h1-5,7-8H,6H2. The topological polar surface area (TPSA) is 41.6 Å². The van der Waals surface area contributed by atoms with Gasteiger partial charge in [-0.1, -0.05) is 17.7 Å². The second kappa shape index (κ2) is 4.95. The van der Waals surface area contributed by atoms with Crippen LogP contribution in [0.3, 0.4) is 0 Å². The molecule has 98 valence electrons. The number of benzene rings is 1. The number of nitriles is 1. The average Bonchev–Trinajstić information content (AvgIpc) is 2.80. The summed E-state index contributed by atoms with van der Waals surface area (Å²) in [4.78, 5) is 4.23. The van der Waals surface area contributed by atoms with Crippen molar-refractivity contribution in [2.45, 2.75) is 6.42 Å². The Morgan fingerprint density at radius 2 is 2.15 bits per heavy atom. The Kier molecular flexibility index (Phi) is 3.13. The third kappa shape index (κ3) is 2.13. The summed E-state index contributed by atoms with van der Waals surface area (Å²) in [6.45, 7) is 0. The lowest BCUT2D eigenvalue weighted by molar-refractivity contribution is 0.627. The van der Waals surface area contributed by atoms with Crippen LogP contribution in [0.25, 0.3) is 11.0 Å². The summed E-state index contributed by atoms with van der Waals surface area (Å²) in [6.07, 6.45) is 4.31. The van der Waals surface area contributed by atoms with Gasteiger partial charge in [0.1, 0.15) is 5.82 Å². The second-order valence-electron chi connectivity index (χ2n) is 4.40. The summed E-state index contributed by atoms with van der Waals surface area (Å²) < 4.78 is 14.7. The van der Waals surface area contributed by atoms with Gasteiger partial charge < -0.3 is 0 Å². The van der Waals surface area contributed by atoms with Gasteiger partial charge in [-0.3, -0.25) is 4.98 Å². The Morgan fingerprint density at radius 1 is 1.30 bits per heavy atom. The van der Waals surface area contributed by atoms with E-state index in [-0.39, 0.29) is 5.02 Å². The summed E-state index contributed by atoms with van der Waals surface area (Å²) in [7, 11) is 0. The van der Waals surface area contributed by atoms with Crippen molar-refractivity contribution < 1.29 is 4.39 Å². The van der Waals surface area contributed by atoms with Crippen molar-refractivity contribution in [1.29, 1.82) is 5.26 Å². The van der Waals surface area contributed by atoms with Gasteiger partial charge in [-0.05, 0) is 35.9 Å². The number of fused-ring (bicyclic) bond motifs is 1. The Hall–Kier alpha value is -2.38. The molecule has 0 unspecified atom stereocenters. The van der Waals surface area contributed by atoms with E-state index in [0.29, 0.717) is 6.42 Å². The lowest BCUT2D eigenvalue weighted by Crippen LogP contribution is -1.97. The van der Waals surface area contributed by atoms with Crippen LogP contribution in [0.1, 0.15) is 11.3 Å². The molecule has 0 aliphatic heterocycles. The largest absolute Gasteiger partial charge is 0.255 e.